The second-order valence-electron chi connectivity index (χ2n) is 20.1. The second-order valence-corrected chi connectivity index (χ2v) is 20.1. The van der Waals surface area contributed by atoms with Crippen molar-refractivity contribution in [3.05, 3.63) is 139 Å². The third-order valence-corrected chi connectivity index (χ3v) is 15.4. The Bertz CT molecular complexity index is 2600. The number of amides is 1. The lowest BCUT2D eigenvalue weighted by atomic mass is 9.55. The minimum Gasteiger partial charge on any atom is -0.459 e. The number of ether oxygens (including phenoxy) is 4. The van der Waals surface area contributed by atoms with Gasteiger partial charge in [-0.3, -0.25) is 4.90 Å². The smallest absolute Gasteiger partial charge is 0.410 e. The van der Waals surface area contributed by atoms with Gasteiger partial charge in [-0.05, 0) is 107 Å². The average Bonchev–Trinajstić information content (AvgIpc) is 3.40. The molecule has 10 heteroatoms. The molecule has 10 nitrogen and oxygen atoms in total. The number of carbonyl (C=O) groups excluding carboxylic acids is 1. The normalized spacial score (nSPS) is 21.6. The molecule has 5 aromatic carbocycles. The Balaban J connectivity index is 1.22. The molecular formula is C62H78N2O8. The molecule has 2 N–H and O–H groups in total. The van der Waals surface area contributed by atoms with E-state index in [-0.39, 0.29) is 50.5 Å². The Morgan fingerprint density at radius 1 is 0.778 bits per heavy atom. The number of allylic oxidation sites excluding steroid dienone is 1. The van der Waals surface area contributed by atoms with Crippen LogP contribution in [0.25, 0.3) is 21.5 Å². The fourth-order valence-corrected chi connectivity index (χ4v) is 11.9. The molecule has 6 unspecified atom stereocenters. The monoisotopic (exact) mass is 979 g/mol. The predicted molar refractivity (Wildman–Crippen MR) is 289 cm³/mol. The van der Waals surface area contributed by atoms with Crippen LogP contribution < -0.4 is 9.47 Å². The zero-order valence-corrected chi connectivity index (χ0v) is 42.9. The van der Waals surface area contributed by atoms with Crippen molar-refractivity contribution in [2.75, 3.05) is 33.5 Å². The molecule has 0 radical (unpaired) electrons. The summed E-state index contributed by atoms with van der Waals surface area (Å²) in [5.74, 6) is 0.122. The number of unbranched alkanes of at least 4 members (excludes halogenated alkanes) is 11. The summed E-state index contributed by atoms with van der Waals surface area (Å²) < 4.78 is 27.9. The van der Waals surface area contributed by atoms with Crippen molar-refractivity contribution in [2.45, 2.75) is 140 Å². The van der Waals surface area contributed by atoms with Gasteiger partial charge < -0.3 is 34.0 Å². The Hall–Kier alpha value is -5.68. The number of benzene rings is 5. The molecule has 3 aliphatic rings. The van der Waals surface area contributed by atoms with Crippen LogP contribution in [0.3, 0.4) is 0 Å². The third-order valence-electron chi connectivity index (χ3n) is 15.4. The van der Waals surface area contributed by atoms with Gasteiger partial charge in [-0.15, -0.1) is 6.58 Å². The Labute approximate surface area is 428 Å². The number of fused-ring (bicyclic) bond motifs is 4. The van der Waals surface area contributed by atoms with Crippen molar-refractivity contribution < 1.29 is 38.8 Å². The fraction of sp³-hybridized carbons (Fsp3) is 0.484. The molecule has 1 saturated carbocycles. The summed E-state index contributed by atoms with van der Waals surface area (Å²) in [4.78, 5) is 22.8. The van der Waals surface area contributed by atoms with Crippen LogP contribution >= 0.6 is 0 Å². The van der Waals surface area contributed by atoms with Gasteiger partial charge in [0.1, 0.15) is 30.4 Å². The van der Waals surface area contributed by atoms with Crippen LogP contribution in [-0.4, -0.2) is 72.3 Å². The number of hydrogen-bond acceptors (Lipinski definition) is 9. The number of hydrogen-bond donors (Lipinski definition) is 2. The molecule has 0 aromatic heterocycles. The van der Waals surface area contributed by atoms with Crippen molar-refractivity contribution in [1.82, 2.24) is 4.90 Å². The maximum atomic E-state index is 15.3. The van der Waals surface area contributed by atoms with E-state index in [0.29, 0.717) is 30.9 Å². The van der Waals surface area contributed by atoms with Gasteiger partial charge in [0.2, 0.25) is 5.79 Å². The predicted octanol–water partition coefficient (Wildman–Crippen LogP) is 14.6. The first-order chi connectivity index (χ1) is 35.4. The number of oxime groups is 1. The summed E-state index contributed by atoms with van der Waals surface area (Å²) in [6, 6.07) is 34.3. The van der Waals surface area contributed by atoms with Crippen LogP contribution in [0.4, 0.5) is 4.79 Å². The molecule has 1 aliphatic heterocycles. The summed E-state index contributed by atoms with van der Waals surface area (Å²) >= 11 is 0. The average molecular weight is 979 g/mol. The zero-order valence-electron chi connectivity index (χ0n) is 42.9. The van der Waals surface area contributed by atoms with Crippen molar-refractivity contribution in [1.29, 1.82) is 0 Å². The Morgan fingerprint density at radius 2 is 1.46 bits per heavy atom. The van der Waals surface area contributed by atoms with Crippen molar-refractivity contribution in [3.63, 3.8) is 0 Å². The highest BCUT2D eigenvalue weighted by Gasteiger charge is 2.65. The Morgan fingerprint density at radius 3 is 2.21 bits per heavy atom. The van der Waals surface area contributed by atoms with Crippen molar-refractivity contribution in [3.8, 4) is 17.2 Å². The first-order valence-electron chi connectivity index (χ1n) is 27.1. The molecule has 8 rings (SSSR count). The fourth-order valence-electron chi connectivity index (χ4n) is 11.9. The molecule has 5 aromatic rings. The summed E-state index contributed by atoms with van der Waals surface area (Å²) in [6.45, 7) is 7.30. The lowest BCUT2D eigenvalue weighted by molar-refractivity contribution is -0.256. The highest BCUT2D eigenvalue weighted by molar-refractivity contribution is 6.03. The standard InChI is InChI=1S/C62H78N2O8/c1-4-6-7-8-9-10-11-12-13-22-39-69-61(67)64(44-49-29-23-28-46-25-16-17-30-52(46)49)58-43-56(63-68-3)54-41-48(27-18-20-36-65)53(31-19-21-37-66)59-55-42-51(71-50-33-32-45-24-14-15-26-47(45)40-50)34-35-57(55)72-62(58,60(54)59)70-38-5-2/h5,14-17,23-26,28-30,32-35,40-42,48,53,58-60,65-66H,2,4,6-13,18-22,27,31,36-39,43-44H2,1,3H3. The SMILES string of the molecule is C=CCOC12Oc3ccc(Oc4ccc5ccccc5c4)cc3C3C(CCCCO)C(CCCCO)C=C(C(=NOC)CC1N(Cc1cccc4ccccc14)C(=O)OCCCCCCCCCCCC)C32. The molecule has 6 atom stereocenters. The maximum absolute atomic E-state index is 15.3. The number of carbonyl (C=O) groups is 1. The molecular weight excluding hydrogens is 901 g/mol. The van der Waals surface area contributed by atoms with Crippen molar-refractivity contribution >= 4 is 33.3 Å². The van der Waals surface area contributed by atoms with E-state index in [1.807, 2.05) is 53.4 Å². The summed E-state index contributed by atoms with van der Waals surface area (Å²) in [7, 11) is 1.58. The van der Waals surface area contributed by atoms with E-state index in [9.17, 15) is 10.2 Å². The van der Waals surface area contributed by atoms with E-state index in [1.165, 1.54) is 44.9 Å². The van der Waals surface area contributed by atoms with Gasteiger partial charge >= 0.3 is 6.09 Å². The number of nitrogens with zero attached hydrogens (tertiary/aromatic N) is 2. The third kappa shape index (κ3) is 12.4. The molecule has 0 saturated heterocycles. The van der Waals surface area contributed by atoms with Crippen LogP contribution in [0.1, 0.15) is 133 Å². The van der Waals surface area contributed by atoms with Crippen LogP contribution in [-0.2, 0) is 20.9 Å². The second kappa shape index (κ2) is 26.3. The Kier molecular flexibility index (Phi) is 19.2. The van der Waals surface area contributed by atoms with E-state index in [0.717, 1.165) is 94.7 Å². The maximum Gasteiger partial charge on any atom is 0.410 e. The van der Waals surface area contributed by atoms with Crippen LogP contribution in [0.15, 0.2) is 133 Å². The van der Waals surface area contributed by atoms with Gasteiger partial charge in [-0.1, -0.05) is 168 Å². The molecule has 384 valence electrons. The first kappa shape index (κ1) is 52.6. The molecule has 72 heavy (non-hydrogen) atoms. The molecule has 0 spiro atoms. The lowest BCUT2D eigenvalue weighted by Gasteiger charge is -2.59. The quantitative estimate of drug-likeness (QED) is 0.0289. The molecule has 1 heterocycles. The van der Waals surface area contributed by atoms with Gasteiger partial charge in [0, 0.05) is 31.1 Å². The van der Waals surface area contributed by atoms with Gasteiger partial charge in [0.05, 0.1) is 31.4 Å². The molecule has 0 bridgehead atoms. The topological polar surface area (TPSA) is 119 Å². The van der Waals surface area contributed by atoms with Crippen LogP contribution in [0, 0.1) is 17.8 Å². The van der Waals surface area contributed by atoms with E-state index in [2.05, 4.69) is 74.2 Å². The van der Waals surface area contributed by atoms with E-state index < -0.39 is 23.8 Å². The number of aliphatic hydroxyl groups is 2. The molecule has 2 aliphatic carbocycles. The highest BCUT2D eigenvalue weighted by atomic mass is 16.7. The first-order valence-corrected chi connectivity index (χ1v) is 27.1. The van der Waals surface area contributed by atoms with Crippen LogP contribution in [0.5, 0.6) is 17.2 Å². The molecule has 1 fully saturated rings. The van der Waals surface area contributed by atoms with E-state index >= 15 is 4.79 Å². The lowest BCUT2D eigenvalue weighted by Crippen LogP contribution is -2.70. The van der Waals surface area contributed by atoms with Gasteiger partial charge in [-0.2, -0.15) is 0 Å². The zero-order chi connectivity index (χ0) is 50.1. The van der Waals surface area contributed by atoms with Crippen LogP contribution in [0.2, 0.25) is 0 Å². The van der Waals surface area contributed by atoms with Gasteiger partial charge in [0.15, 0.2) is 0 Å². The van der Waals surface area contributed by atoms with Gasteiger partial charge in [-0.25, -0.2) is 4.79 Å². The minimum absolute atomic E-state index is 0.0617. The summed E-state index contributed by atoms with van der Waals surface area (Å²) in [5, 5.41) is 29.3. The van der Waals surface area contributed by atoms with E-state index in [1.54, 1.807) is 13.2 Å². The van der Waals surface area contributed by atoms with E-state index in [4.69, 9.17) is 28.9 Å². The summed E-state index contributed by atoms with van der Waals surface area (Å²) in [6.07, 6.45) is 20.4. The highest BCUT2D eigenvalue weighted by Crippen LogP contribution is 2.62. The molecule has 1 amide bonds. The van der Waals surface area contributed by atoms with Crippen molar-refractivity contribution in [2.24, 2.45) is 22.9 Å². The summed E-state index contributed by atoms with van der Waals surface area (Å²) in [5.41, 5.74) is 3.68. The largest absolute Gasteiger partial charge is 0.459 e. The number of rotatable bonds is 28. The number of aliphatic hydroxyl groups excluding tert-OH is 2. The minimum atomic E-state index is -1.43. The van der Waals surface area contributed by atoms with Gasteiger partial charge in [0.25, 0.3) is 0 Å².